The number of benzene rings is 3. The van der Waals surface area contributed by atoms with Crippen LogP contribution in [0.3, 0.4) is 0 Å². The van der Waals surface area contributed by atoms with Gasteiger partial charge in [0.2, 0.25) is 0 Å². The van der Waals surface area contributed by atoms with Crippen LogP contribution in [-0.2, 0) is 4.79 Å². The minimum absolute atomic E-state index is 0.108. The third-order valence-corrected chi connectivity index (χ3v) is 6.23. The zero-order chi connectivity index (χ0) is 23.2. The number of aryl methyl sites for hydroxylation is 1. The van der Waals surface area contributed by atoms with Crippen LogP contribution >= 0.6 is 24.0 Å². The maximum atomic E-state index is 12.9. The van der Waals surface area contributed by atoms with E-state index < -0.39 is 0 Å². The Morgan fingerprint density at radius 1 is 0.909 bits per heavy atom. The lowest BCUT2D eigenvalue weighted by Gasteiger charge is -2.14. The largest absolute Gasteiger partial charge is 0.497 e. The minimum atomic E-state index is -0.108. The number of thioether (sulfide) groups is 1. The monoisotopic (exact) mass is 477 g/mol. The van der Waals surface area contributed by atoms with Crippen molar-refractivity contribution in [1.82, 2.24) is 0 Å². The van der Waals surface area contributed by atoms with E-state index in [4.69, 9.17) is 26.4 Å². The summed E-state index contributed by atoms with van der Waals surface area (Å²) in [5.41, 5.74) is 2.82. The van der Waals surface area contributed by atoms with Gasteiger partial charge in [0.1, 0.15) is 30.5 Å². The van der Waals surface area contributed by atoms with Crippen LogP contribution in [0.1, 0.15) is 11.1 Å². The molecule has 1 fully saturated rings. The van der Waals surface area contributed by atoms with Gasteiger partial charge in [-0.15, -0.1) is 0 Å². The Labute approximate surface area is 203 Å². The molecule has 0 aromatic heterocycles. The summed E-state index contributed by atoms with van der Waals surface area (Å²) in [7, 11) is 1.62. The Morgan fingerprint density at radius 3 is 2.27 bits per heavy atom. The summed E-state index contributed by atoms with van der Waals surface area (Å²) < 4.78 is 17.2. The molecule has 0 saturated carbocycles. The molecule has 168 valence electrons. The number of rotatable bonds is 8. The van der Waals surface area contributed by atoms with Crippen LogP contribution in [0, 0.1) is 6.92 Å². The molecule has 3 aromatic carbocycles. The molecule has 1 saturated heterocycles. The van der Waals surface area contributed by atoms with E-state index in [1.54, 1.807) is 12.0 Å². The number of amides is 1. The van der Waals surface area contributed by atoms with Gasteiger partial charge in [-0.1, -0.05) is 59.9 Å². The molecule has 0 atom stereocenters. The molecule has 1 amide bonds. The van der Waals surface area contributed by atoms with Crippen molar-refractivity contribution in [1.29, 1.82) is 0 Å². The molecule has 0 unspecified atom stereocenters. The van der Waals surface area contributed by atoms with Crippen LogP contribution in [0.15, 0.2) is 77.7 Å². The standard InChI is InChI=1S/C26H23NO4S2/c1-18-6-10-20(11-7-18)27-25(28)24(33-26(27)32)16-19-8-12-21(13-9-19)30-14-15-31-23-5-3-4-22(17-23)29-2/h3-13,16-17H,14-15H2,1-2H3/b24-16-. The number of methoxy groups -OCH3 is 1. The highest BCUT2D eigenvalue weighted by atomic mass is 32.2. The first-order valence-corrected chi connectivity index (χ1v) is 11.6. The van der Waals surface area contributed by atoms with Gasteiger partial charge in [-0.05, 0) is 55.0 Å². The maximum absolute atomic E-state index is 12.9. The second-order valence-corrected chi connectivity index (χ2v) is 8.97. The normalized spacial score (nSPS) is 14.6. The number of nitrogens with zero attached hydrogens (tertiary/aromatic N) is 1. The van der Waals surface area contributed by atoms with Crippen molar-refractivity contribution in [3.05, 3.63) is 88.8 Å². The van der Waals surface area contributed by atoms with Crippen molar-refractivity contribution in [3.63, 3.8) is 0 Å². The lowest BCUT2D eigenvalue weighted by Crippen LogP contribution is -2.27. The molecular formula is C26H23NO4S2. The van der Waals surface area contributed by atoms with Gasteiger partial charge in [0.25, 0.3) is 5.91 Å². The molecule has 0 bridgehead atoms. The van der Waals surface area contributed by atoms with Crippen LogP contribution in [0.5, 0.6) is 17.2 Å². The van der Waals surface area contributed by atoms with Gasteiger partial charge < -0.3 is 14.2 Å². The smallest absolute Gasteiger partial charge is 0.270 e. The summed E-state index contributed by atoms with van der Waals surface area (Å²) in [4.78, 5) is 15.1. The highest BCUT2D eigenvalue weighted by molar-refractivity contribution is 8.27. The fourth-order valence-electron chi connectivity index (χ4n) is 3.21. The quantitative estimate of drug-likeness (QED) is 0.230. The number of thiocarbonyl (C=S) groups is 1. The van der Waals surface area contributed by atoms with Gasteiger partial charge in [0.15, 0.2) is 4.32 Å². The Balaban J connectivity index is 1.32. The van der Waals surface area contributed by atoms with Crippen LogP contribution in [0.25, 0.3) is 6.08 Å². The lowest BCUT2D eigenvalue weighted by molar-refractivity contribution is -0.113. The third-order valence-electron chi connectivity index (χ3n) is 4.93. The maximum Gasteiger partial charge on any atom is 0.270 e. The van der Waals surface area contributed by atoms with E-state index >= 15 is 0 Å². The fourth-order valence-corrected chi connectivity index (χ4v) is 4.50. The Morgan fingerprint density at radius 2 is 1.58 bits per heavy atom. The zero-order valence-electron chi connectivity index (χ0n) is 18.3. The van der Waals surface area contributed by atoms with Crippen LogP contribution < -0.4 is 19.1 Å². The molecule has 0 spiro atoms. The molecule has 1 heterocycles. The van der Waals surface area contributed by atoms with Crippen LogP contribution in [0.2, 0.25) is 0 Å². The Kier molecular flexibility index (Phi) is 7.32. The summed E-state index contributed by atoms with van der Waals surface area (Å²) in [6.45, 7) is 2.83. The van der Waals surface area contributed by atoms with Crippen molar-refractivity contribution >= 4 is 46.0 Å². The van der Waals surface area contributed by atoms with Gasteiger partial charge in [-0.3, -0.25) is 9.69 Å². The van der Waals surface area contributed by atoms with Crippen molar-refractivity contribution in [2.24, 2.45) is 0 Å². The minimum Gasteiger partial charge on any atom is -0.497 e. The number of carbonyl (C=O) groups is 1. The van der Waals surface area contributed by atoms with E-state index in [0.717, 1.165) is 34.1 Å². The predicted octanol–water partition coefficient (Wildman–Crippen LogP) is 5.87. The first-order chi connectivity index (χ1) is 16.0. The van der Waals surface area contributed by atoms with Crippen molar-refractivity contribution < 1.29 is 19.0 Å². The first-order valence-electron chi connectivity index (χ1n) is 10.4. The van der Waals surface area contributed by atoms with Crippen LogP contribution in [0.4, 0.5) is 5.69 Å². The molecule has 3 aromatic rings. The fraction of sp³-hybridized carbons (Fsp3) is 0.154. The van der Waals surface area contributed by atoms with Gasteiger partial charge in [-0.2, -0.15) is 0 Å². The number of hydrogen-bond acceptors (Lipinski definition) is 6. The number of hydrogen-bond donors (Lipinski definition) is 0. The van der Waals surface area contributed by atoms with Gasteiger partial charge in [-0.25, -0.2) is 0 Å². The highest BCUT2D eigenvalue weighted by Crippen LogP contribution is 2.36. The molecule has 0 aliphatic carbocycles. The van der Waals surface area contributed by atoms with Crippen LogP contribution in [-0.4, -0.2) is 30.6 Å². The Bertz CT molecular complexity index is 1170. The van der Waals surface area contributed by atoms with E-state index in [1.165, 1.54) is 11.8 Å². The van der Waals surface area contributed by atoms with Gasteiger partial charge in [0, 0.05) is 6.07 Å². The van der Waals surface area contributed by atoms with Gasteiger partial charge >= 0.3 is 0 Å². The summed E-state index contributed by atoms with van der Waals surface area (Å²) in [6.07, 6.45) is 1.85. The molecule has 7 heteroatoms. The summed E-state index contributed by atoms with van der Waals surface area (Å²) in [5, 5.41) is 0. The van der Waals surface area contributed by atoms with Crippen molar-refractivity contribution in [2.45, 2.75) is 6.92 Å². The van der Waals surface area contributed by atoms with E-state index in [0.29, 0.717) is 22.4 Å². The van der Waals surface area contributed by atoms with E-state index in [1.807, 2.05) is 85.8 Å². The molecule has 0 radical (unpaired) electrons. The molecule has 1 aliphatic heterocycles. The molecule has 0 N–H and O–H groups in total. The van der Waals surface area contributed by atoms with E-state index in [9.17, 15) is 4.79 Å². The number of carbonyl (C=O) groups excluding carboxylic acids is 1. The molecule has 4 rings (SSSR count). The average Bonchev–Trinajstić information content (AvgIpc) is 3.11. The number of ether oxygens (including phenoxy) is 3. The zero-order valence-corrected chi connectivity index (χ0v) is 19.9. The van der Waals surface area contributed by atoms with Crippen molar-refractivity contribution in [2.75, 3.05) is 25.2 Å². The predicted molar refractivity (Wildman–Crippen MR) is 137 cm³/mol. The molecule has 1 aliphatic rings. The highest BCUT2D eigenvalue weighted by Gasteiger charge is 2.33. The summed E-state index contributed by atoms with van der Waals surface area (Å²) in [5.74, 6) is 2.11. The number of anilines is 1. The average molecular weight is 478 g/mol. The summed E-state index contributed by atoms with van der Waals surface area (Å²) >= 11 is 6.75. The van der Waals surface area contributed by atoms with E-state index in [2.05, 4.69) is 0 Å². The molecule has 5 nitrogen and oxygen atoms in total. The van der Waals surface area contributed by atoms with E-state index in [-0.39, 0.29) is 5.91 Å². The Hall–Kier alpha value is -3.29. The van der Waals surface area contributed by atoms with Crippen molar-refractivity contribution in [3.8, 4) is 17.2 Å². The molecular weight excluding hydrogens is 454 g/mol. The SMILES string of the molecule is COc1cccc(OCCOc2ccc(/C=C3\SC(=S)N(c4ccc(C)cc4)C3=O)cc2)c1. The summed E-state index contributed by atoms with van der Waals surface area (Å²) in [6, 6.07) is 22.8. The topological polar surface area (TPSA) is 48.0 Å². The second kappa shape index (κ2) is 10.6. The second-order valence-electron chi connectivity index (χ2n) is 7.30. The van der Waals surface area contributed by atoms with Gasteiger partial charge in [0.05, 0.1) is 17.7 Å². The lowest BCUT2D eigenvalue weighted by atomic mass is 10.2. The third kappa shape index (κ3) is 5.74. The molecule has 33 heavy (non-hydrogen) atoms. The first kappa shape index (κ1) is 22.9.